The van der Waals surface area contributed by atoms with Crippen LogP contribution in [0, 0.1) is 5.92 Å². The van der Waals surface area contributed by atoms with Crippen molar-refractivity contribution in [3.63, 3.8) is 0 Å². The predicted octanol–water partition coefficient (Wildman–Crippen LogP) is 1.79. The summed E-state index contributed by atoms with van der Waals surface area (Å²) in [5.74, 6) is -1.45. The van der Waals surface area contributed by atoms with E-state index in [1.807, 2.05) is 0 Å². The van der Waals surface area contributed by atoms with Crippen molar-refractivity contribution in [1.29, 1.82) is 0 Å². The third-order valence-electron chi connectivity index (χ3n) is 3.17. The van der Waals surface area contributed by atoms with Crippen LogP contribution in [-0.4, -0.2) is 59.3 Å². The lowest BCUT2D eigenvalue weighted by atomic mass is 9.91. The Bertz CT molecular complexity index is 360. The van der Waals surface area contributed by atoms with Crippen LogP contribution in [0.3, 0.4) is 0 Å². The second-order valence-electron chi connectivity index (χ2n) is 4.85. The van der Waals surface area contributed by atoms with Crippen molar-refractivity contribution in [1.82, 2.24) is 9.80 Å². The molecule has 5 nitrogen and oxygen atoms in total. The summed E-state index contributed by atoms with van der Waals surface area (Å²) >= 11 is 0. The van der Waals surface area contributed by atoms with Crippen LogP contribution in [0.5, 0.6) is 0 Å². The number of likely N-dealkylation sites (tertiary alicyclic amines) is 1. The fourth-order valence-corrected chi connectivity index (χ4v) is 2.33. The zero-order valence-electron chi connectivity index (χ0n) is 10.8. The van der Waals surface area contributed by atoms with Crippen LogP contribution in [0.4, 0.5) is 18.0 Å². The molecule has 1 saturated heterocycles. The molecule has 1 rings (SSSR count). The van der Waals surface area contributed by atoms with Crippen molar-refractivity contribution in [3.8, 4) is 0 Å². The molecular weight excluding hydrogens is 265 g/mol. The zero-order chi connectivity index (χ0) is 14.8. The van der Waals surface area contributed by atoms with Crippen molar-refractivity contribution in [3.05, 3.63) is 0 Å². The molecule has 2 atom stereocenters. The molecule has 1 aliphatic heterocycles. The quantitative estimate of drug-likeness (QED) is 0.840. The van der Waals surface area contributed by atoms with E-state index in [4.69, 9.17) is 5.11 Å². The van der Waals surface area contributed by atoms with Gasteiger partial charge in [-0.15, -0.1) is 0 Å². The summed E-state index contributed by atoms with van der Waals surface area (Å²) in [4.78, 5) is 24.6. The third kappa shape index (κ3) is 4.00. The highest BCUT2D eigenvalue weighted by atomic mass is 19.4. The summed E-state index contributed by atoms with van der Waals surface area (Å²) in [6.45, 7) is 0.466. The minimum absolute atomic E-state index is 0.169. The number of piperidine rings is 1. The zero-order valence-corrected chi connectivity index (χ0v) is 10.8. The number of carbonyl (C=O) groups is 2. The fraction of sp³-hybridized carbons (Fsp3) is 0.818. The molecule has 0 radical (unpaired) electrons. The molecule has 0 aliphatic carbocycles. The lowest BCUT2D eigenvalue weighted by Gasteiger charge is -2.39. The average Bonchev–Trinajstić information content (AvgIpc) is 2.24. The van der Waals surface area contributed by atoms with Crippen molar-refractivity contribution in [2.45, 2.75) is 32.0 Å². The van der Waals surface area contributed by atoms with Gasteiger partial charge < -0.3 is 14.9 Å². The maximum absolute atomic E-state index is 12.2. The highest BCUT2D eigenvalue weighted by Gasteiger charge is 2.40. The van der Waals surface area contributed by atoms with E-state index in [9.17, 15) is 22.8 Å². The smallest absolute Gasteiger partial charge is 0.406 e. The Labute approximate surface area is 109 Å². The molecule has 8 heteroatoms. The summed E-state index contributed by atoms with van der Waals surface area (Å²) < 4.78 is 36.7. The van der Waals surface area contributed by atoms with Gasteiger partial charge in [0.2, 0.25) is 0 Å². The van der Waals surface area contributed by atoms with E-state index in [0.29, 0.717) is 17.7 Å². The Kier molecular flexibility index (Phi) is 4.65. The Morgan fingerprint density at radius 3 is 2.47 bits per heavy atom. The van der Waals surface area contributed by atoms with Gasteiger partial charge in [0.05, 0.1) is 0 Å². The molecule has 0 saturated carbocycles. The van der Waals surface area contributed by atoms with Gasteiger partial charge in [-0.25, -0.2) is 9.59 Å². The second-order valence-corrected chi connectivity index (χ2v) is 4.85. The first-order valence-corrected chi connectivity index (χ1v) is 5.95. The lowest BCUT2D eigenvalue weighted by molar-refractivity contribution is -0.147. The van der Waals surface area contributed by atoms with Crippen molar-refractivity contribution < 1.29 is 27.9 Å². The van der Waals surface area contributed by atoms with Crippen LogP contribution in [-0.2, 0) is 4.79 Å². The summed E-state index contributed by atoms with van der Waals surface area (Å²) in [6.07, 6.45) is -3.26. The first-order chi connectivity index (χ1) is 8.63. The number of carboxylic acids is 1. The molecule has 19 heavy (non-hydrogen) atoms. The molecule has 110 valence electrons. The van der Waals surface area contributed by atoms with Gasteiger partial charge in [0.25, 0.3) is 0 Å². The normalized spacial score (nSPS) is 24.2. The predicted molar refractivity (Wildman–Crippen MR) is 60.6 cm³/mol. The Balaban J connectivity index is 2.81. The van der Waals surface area contributed by atoms with E-state index >= 15 is 0 Å². The van der Waals surface area contributed by atoms with Gasteiger partial charge in [-0.2, -0.15) is 13.2 Å². The summed E-state index contributed by atoms with van der Waals surface area (Å²) in [5, 5.41) is 9.11. The summed E-state index contributed by atoms with van der Waals surface area (Å²) in [5.41, 5.74) is 0. The Morgan fingerprint density at radius 2 is 2.00 bits per heavy atom. The molecule has 1 aliphatic rings. The number of hydrogen-bond donors (Lipinski definition) is 1. The molecule has 0 aromatic heterocycles. The number of nitrogens with zero attached hydrogens (tertiary/aromatic N) is 2. The van der Waals surface area contributed by atoms with Crippen LogP contribution in [0.15, 0.2) is 0 Å². The minimum Gasteiger partial charge on any atom is -0.480 e. The highest BCUT2D eigenvalue weighted by molar-refractivity contribution is 5.83. The Morgan fingerprint density at radius 1 is 1.42 bits per heavy atom. The topological polar surface area (TPSA) is 60.9 Å². The summed E-state index contributed by atoms with van der Waals surface area (Å²) in [6, 6.07) is -1.95. The van der Waals surface area contributed by atoms with Gasteiger partial charge in [0.15, 0.2) is 0 Å². The van der Waals surface area contributed by atoms with Gasteiger partial charge in [-0.3, -0.25) is 0 Å². The number of hydrogen-bond acceptors (Lipinski definition) is 2. The molecule has 1 heterocycles. The van der Waals surface area contributed by atoms with Crippen molar-refractivity contribution >= 4 is 12.0 Å². The van der Waals surface area contributed by atoms with Gasteiger partial charge in [-0.05, 0) is 18.8 Å². The van der Waals surface area contributed by atoms with Crippen LogP contribution < -0.4 is 0 Å². The number of alkyl halides is 3. The fourth-order valence-electron chi connectivity index (χ4n) is 2.33. The number of amides is 2. The van der Waals surface area contributed by atoms with E-state index in [1.165, 1.54) is 0 Å². The Hall–Kier alpha value is -1.47. The average molecular weight is 282 g/mol. The molecule has 1 fully saturated rings. The molecule has 1 N–H and O–H groups in total. The van der Waals surface area contributed by atoms with Crippen molar-refractivity contribution in [2.75, 3.05) is 20.1 Å². The third-order valence-corrected chi connectivity index (χ3v) is 3.17. The number of carbonyl (C=O) groups excluding carboxylic acids is 1. The first kappa shape index (κ1) is 15.6. The molecule has 2 amide bonds. The molecule has 0 aromatic carbocycles. The van der Waals surface area contributed by atoms with Gasteiger partial charge in [0.1, 0.15) is 12.6 Å². The van der Waals surface area contributed by atoms with E-state index in [0.717, 1.165) is 11.9 Å². The van der Waals surface area contributed by atoms with Gasteiger partial charge >= 0.3 is 18.2 Å². The van der Waals surface area contributed by atoms with E-state index < -0.39 is 30.8 Å². The largest absolute Gasteiger partial charge is 0.480 e. The first-order valence-electron chi connectivity index (χ1n) is 5.95. The van der Waals surface area contributed by atoms with E-state index in [1.54, 1.807) is 6.92 Å². The van der Waals surface area contributed by atoms with Gasteiger partial charge in [0, 0.05) is 13.6 Å². The monoisotopic (exact) mass is 282 g/mol. The molecule has 0 aromatic rings. The molecule has 0 bridgehead atoms. The number of aliphatic carboxylic acids is 1. The maximum Gasteiger partial charge on any atom is 0.406 e. The van der Waals surface area contributed by atoms with Crippen LogP contribution in [0.1, 0.15) is 19.8 Å². The van der Waals surface area contributed by atoms with Crippen LogP contribution in [0.2, 0.25) is 0 Å². The number of urea groups is 1. The number of carboxylic acid groups (broad SMARTS) is 1. The van der Waals surface area contributed by atoms with E-state index in [-0.39, 0.29) is 12.5 Å². The lowest BCUT2D eigenvalue weighted by Crippen LogP contribution is -2.56. The highest BCUT2D eigenvalue weighted by Crippen LogP contribution is 2.25. The summed E-state index contributed by atoms with van der Waals surface area (Å²) in [7, 11) is 1.02. The second kappa shape index (κ2) is 5.66. The molecule has 0 spiro atoms. The van der Waals surface area contributed by atoms with Gasteiger partial charge in [-0.1, -0.05) is 6.92 Å². The van der Waals surface area contributed by atoms with Crippen LogP contribution in [0.25, 0.3) is 0 Å². The standard InChI is InChI=1S/C11H17F3N2O3/c1-7-4-3-5-16(8(7)9(17)18)10(19)15(2)6-11(12,13)14/h7-8H,3-6H2,1-2H3,(H,17,18). The van der Waals surface area contributed by atoms with Crippen molar-refractivity contribution in [2.24, 2.45) is 5.92 Å². The number of halogens is 3. The molecular formula is C11H17F3N2O3. The minimum atomic E-state index is -4.50. The SMILES string of the molecule is CC1CCCN(C(=O)N(C)CC(F)(F)F)C1C(=O)O. The van der Waals surface area contributed by atoms with Crippen LogP contribution >= 0.6 is 0 Å². The van der Waals surface area contributed by atoms with E-state index in [2.05, 4.69) is 0 Å². The number of rotatable bonds is 2. The molecule has 2 unspecified atom stereocenters. The maximum atomic E-state index is 12.2.